The molecule has 2 rings (SSSR count). The molecule has 1 atom stereocenters. The first-order chi connectivity index (χ1) is 8.47. The summed E-state index contributed by atoms with van der Waals surface area (Å²) in [5, 5.41) is 18.7. The SMILES string of the molecule is CC(C)Cn1cc(C(O)c2cn(C)nc2Br)cn1. The molecule has 2 aromatic heterocycles. The van der Waals surface area contributed by atoms with Gasteiger partial charge in [0.05, 0.1) is 6.20 Å². The summed E-state index contributed by atoms with van der Waals surface area (Å²) in [5.41, 5.74) is 1.53. The maximum atomic E-state index is 10.3. The van der Waals surface area contributed by atoms with E-state index in [2.05, 4.69) is 40.0 Å². The van der Waals surface area contributed by atoms with Crippen LogP contribution in [-0.2, 0) is 13.6 Å². The molecule has 0 aliphatic rings. The molecule has 0 saturated heterocycles. The zero-order chi connectivity index (χ0) is 13.3. The van der Waals surface area contributed by atoms with Crippen molar-refractivity contribution in [1.82, 2.24) is 19.6 Å². The van der Waals surface area contributed by atoms with E-state index in [-0.39, 0.29) is 0 Å². The lowest BCUT2D eigenvalue weighted by molar-refractivity contribution is 0.219. The highest BCUT2D eigenvalue weighted by atomic mass is 79.9. The lowest BCUT2D eigenvalue weighted by atomic mass is 10.1. The summed E-state index contributed by atoms with van der Waals surface area (Å²) in [5.74, 6) is 0.528. The molecule has 18 heavy (non-hydrogen) atoms. The topological polar surface area (TPSA) is 55.9 Å². The first-order valence-corrected chi connectivity index (χ1v) is 6.66. The standard InChI is InChI=1S/C12H17BrN4O/c1-8(2)5-17-6-9(4-14-17)11(18)10-7-16(3)15-12(10)13/h4,6-8,11,18H,5H2,1-3H3. The van der Waals surface area contributed by atoms with Crippen LogP contribution in [0.25, 0.3) is 0 Å². The van der Waals surface area contributed by atoms with Crippen LogP contribution in [0.3, 0.4) is 0 Å². The molecule has 0 aliphatic carbocycles. The minimum Gasteiger partial charge on any atom is -0.383 e. The van der Waals surface area contributed by atoms with Gasteiger partial charge in [0, 0.05) is 37.1 Å². The lowest BCUT2D eigenvalue weighted by Gasteiger charge is -2.06. The minimum absolute atomic E-state index is 0.528. The summed E-state index contributed by atoms with van der Waals surface area (Å²) in [4.78, 5) is 0. The number of aliphatic hydroxyl groups excluding tert-OH is 1. The summed E-state index contributed by atoms with van der Waals surface area (Å²) in [6.45, 7) is 5.12. The van der Waals surface area contributed by atoms with E-state index in [1.54, 1.807) is 17.1 Å². The number of halogens is 1. The third kappa shape index (κ3) is 2.81. The first kappa shape index (κ1) is 13.3. The second-order valence-electron chi connectivity index (χ2n) is 4.84. The van der Waals surface area contributed by atoms with E-state index in [1.807, 2.05) is 17.9 Å². The molecule has 1 N–H and O–H groups in total. The molecule has 98 valence electrons. The minimum atomic E-state index is -0.700. The number of aryl methyl sites for hydroxylation is 1. The number of nitrogens with zero attached hydrogens (tertiary/aromatic N) is 4. The van der Waals surface area contributed by atoms with Gasteiger partial charge in [-0.05, 0) is 21.8 Å². The van der Waals surface area contributed by atoms with Crippen molar-refractivity contribution in [2.24, 2.45) is 13.0 Å². The van der Waals surface area contributed by atoms with Gasteiger partial charge in [0.25, 0.3) is 0 Å². The fourth-order valence-electron chi connectivity index (χ4n) is 1.84. The van der Waals surface area contributed by atoms with Crippen LogP contribution in [0.5, 0.6) is 0 Å². The molecular formula is C12H17BrN4O. The third-order valence-corrected chi connectivity index (χ3v) is 3.24. The van der Waals surface area contributed by atoms with Crippen LogP contribution < -0.4 is 0 Å². The Bertz CT molecular complexity index is 532. The number of hydrogen-bond donors (Lipinski definition) is 1. The summed E-state index contributed by atoms with van der Waals surface area (Å²) < 4.78 is 4.18. The van der Waals surface area contributed by atoms with Gasteiger partial charge in [-0.2, -0.15) is 10.2 Å². The lowest BCUT2D eigenvalue weighted by Crippen LogP contribution is -2.04. The van der Waals surface area contributed by atoms with Gasteiger partial charge >= 0.3 is 0 Å². The van der Waals surface area contributed by atoms with E-state index >= 15 is 0 Å². The number of aliphatic hydroxyl groups is 1. The van der Waals surface area contributed by atoms with Crippen molar-refractivity contribution < 1.29 is 5.11 Å². The molecule has 0 aromatic carbocycles. The Kier molecular flexibility index (Phi) is 3.87. The normalized spacial score (nSPS) is 13.2. The monoisotopic (exact) mass is 312 g/mol. The summed E-state index contributed by atoms with van der Waals surface area (Å²) in [7, 11) is 1.82. The van der Waals surface area contributed by atoms with Crippen LogP contribution >= 0.6 is 15.9 Å². The van der Waals surface area contributed by atoms with Crippen molar-refractivity contribution in [1.29, 1.82) is 0 Å². The Labute approximate surface area is 115 Å². The van der Waals surface area contributed by atoms with Crippen molar-refractivity contribution in [3.8, 4) is 0 Å². The maximum absolute atomic E-state index is 10.3. The molecular weight excluding hydrogens is 296 g/mol. The van der Waals surface area contributed by atoms with Crippen molar-refractivity contribution in [2.45, 2.75) is 26.5 Å². The van der Waals surface area contributed by atoms with Crippen LogP contribution in [0.15, 0.2) is 23.2 Å². The molecule has 5 nitrogen and oxygen atoms in total. The number of hydrogen-bond acceptors (Lipinski definition) is 3. The van der Waals surface area contributed by atoms with E-state index in [0.717, 1.165) is 17.7 Å². The zero-order valence-corrected chi connectivity index (χ0v) is 12.3. The predicted octanol–water partition coefficient (Wildman–Crippen LogP) is 2.12. The molecule has 2 heterocycles. The molecule has 6 heteroatoms. The molecule has 1 unspecified atom stereocenters. The Morgan fingerprint density at radius 3 is 2.67 bits per heavy atom. The summed E-state index contributed by atoms with van der Waals surface area (Å²) in [6.07, 6.45) is 4.68. The van der Waals surface area contributed by atoms with Crippen molar-refractivity contribution in [2.75, 3.05) is 0 Å². The van der Waals surface area contributed by atoms with E-state index in [1.165, 1.54) is 0 Å². The van der Waals surface area contributed by atoms with Gasteiger partial charge in [0.2, 0.25) is 0 Å². The molecule has 0 aliphatic heterocycles. The van der Waals surface area contributed by atoms with E-state index in [9.17, 15) is 5.11 Å². The highest BCUT2D eigenvalue weighted by Crippen LogP contribution is 2.27. The first-order valence-electron chi connectivity index (χ1n) is 5.87. The third-order valence-electron chi connectivity index (χ3n) is 2.63. The molecule has 0 saturated carbocycles. The Balaban J connectivity index is 2.21. The van der Waals surface area contributed by atoms with Crippen LogP contribution in [0.2, 0.25) is 0 Å². The quantitative estimate of drug-likeness (QED) is 0.940. The number of aromatic nitrogens is 4. The average Bonchev–Trinajstić information content (AvgIpc) is 2.84. The van der Waals surface area contributed by atoms with Crippen molar-refractivity contribution in [3.63, 3.8) is 0 Å². The Morgan fingerprint density at radius 2 is 2.11 bits per heavy atom. The van der Waals surface area contributed by atoms with E-state index in [0.29, 0.717) is 10.5 Å². The van der Waals surface area contributed by atoms with E-state index in [4.69, 9.17) is 0 Å². The molecule has 2 aromatic rings. The van der Waals surface area contributed by atoms with Gasteiger partial charge in [0.1, 0.15) is 10.7 Å². The van der Waals surface area contributed by atoms with Gasteiger partial charge in [0.15, 0.2) is 0 Å². The largest absolute Gasteiger partial charge is 0.383 e. The Morgan fingerprint density at radius 1 is 1.39 bits per heavy atom. The van der Waals surface area contributed by atoms with Gasteiger partial charge < -0.3 is 5.11 Å². The second-order valence-corrected chi connectivity index (χ2v) is 5.59. The van der Waals surface area contributed by atoms with E-state index < -0.39 is 6.10 Å². The maximum Gasteiger partial charge on any atom is 0.134 e. The van der Waals surface area contributed by atoms with Crippen LogP contribution in [0.1, 0.15) is 31.1 Å². The summed E-state index contributed by atoms with van der Waals surface area (Å²) >= 11 is 3.34. The average molecular weight is 313 g/mol. The molecule has 0 fully saturated rings. The fourth-order valence-corrected chi connectivity index (χ4v) is 2.41. The fraction of sp³-hybridized carbons (Fsp3) is 0.500. The van der Waals surface area contributed by atoms with Crippen molar-refractivity contribution in [3.05, 3.63) is 34.3 Å². The molecule has 0 radical (unpaired) electrons. The van der Waals surface area contributed by atoms with Gasteiger partial charge in [-0.25, -0.2) is 0 Å². The predicted molar refractivity (Wildman–Crippen MR) is 72.0 cm³/mol. The van der Waals surface area contributed by atoms with Crippen LogP contribution in [0.4, 0.5) is 0 Å². The molecule has 0 amide bonds. The molecule has 0 spiro atoms. The Hall–Kier alpha value is -1.14. The second kappa shape index (κ2) is 5.24. The van der Waals surface area contributed by atoms with Gasteiger partial charge in [-0.3, -0.25) is 9.36 Å². The van der Waals surface area contributed by atoms with Gasteiger partial charge in [-0.1, -0.05) is 13.8 Å². The van der Waals surface area contributed by atoms with Crippen molar-refractivity contribution >= 4 is 15.9 Å². The van der Waals surface area contributed by atoms with Crippen LogP contribution in [0, 0.1) is 5.92 Å². The highest BCUT2D eigenvalue weighted by Gasteiger charge is 2.18. The van der Waals surface area contributed by atoms with Crippen LogP contribution in [-0.4, -0.2) is 24.7 Å². The molecule has 0 bridgehead atoms. The summed E-state index contributed by atoms with van der Waals surface area (Å²) in [6, 6.07) is 0. The van der Waals surface area contributed by atoms with Gasteiger partial charge in [-0.15, -0.1) is 0 Å². The zero-order valence-electron chi connectivity index (χ0n) is 10.7. The smallest absolute Gasteiger partial charge is 0.134 e. The highest BCUT2D eigenvalue weighted by molar-refractivity contribution is 9.10. The number of rotatable bonds is 4.